The highest BCUT2D eigenvalue weighted by molar-refractivity contribution is 7.99. The van der Waals surface area contributed by atoms with Gasteiger partial charge >= 0.3 is 5.97 Å². The topological polar surface area (TPSA) is 63.3 Å². The molecular weight excluding hydrogens is 262 g/mol. The zero-order valence-electron chi connectivity index (χ0n) is 9.74. The van der Waals surface area contributed by atoms with Crippen LogP contribution in [-0.2, 0) is 0 Å². The fourth-order valence-electron chi connectivity index (χ4n) is 1.90. The summed E-state index contributed by atoms with van der Waals surface area (Å²) in [6, 6.07) is 10.8. The van der Waals surface area contributed by atoms with E-state index in [-0.39, 0.29) is 0 Å². The maximum absolute atomic E-state index is 11.2. The number of aromatic carboxylic acids is 1. The molecule has 5 heteroatoms. The third kappa shape index (κ3) is 2.20. The molecule has 0 fully saturated rings. The van der Waals surface area contributed by atoms with E-state index in [0.29, 0.717) is 16.2 Å². The van der Waals surface area contributed by atoms with Crippen molar-refractivity contribution in [2.24, 2.45) is 0 Å². The monoisotopic (exact) mass is 271 g/mol. The highest BCUT2D eigenvalue weighted by Crippen LogP contribution is 2.34. The number of carboxylic acid groups (broad SMARTS) is 1. The molecule has 0 aliphatic heterocycles. The van der Waals surface area contributed by atoms with E-state index in [0.717, 1.165) is 10.3 Å². The Hall–Kier alpha value is -2.27. The Morgan fingerprint density at radius 1 is 1.16 bits per heavy atom. The molecule has 0 aliphatic rings. The van der Waals surface area contributed by atoms with Crippen LogP contribution in [-0.4, -0.2) is 16.1 Å². The van der Waals surface area contributed by atoms with E-state index >= 15 is 0 Å². The second-order valence-electron chi connectivity index (χ2n) is 3.86. The standard InChI is InChI=1S/C14H9NO3S/c16-13(17)11-5-6-12(19-14-15-7-8-18-14)10-4-2-1-3-9(10)11/h1-8H,(H,16,17). The summed E-state index contributed by atoms with van der Waals surface area (Å²) in [5.41, 5.74) is 0.298. The van der Waals surface area contributed by atoms with Gasteiger partial charge in [0.15, 0.2) is 0 Å². The van der Waals surface area contributed by atoms with Crippen LogP contribution in [0, 0.1) is 0 Å². The van der Waals surface area contributed by atoms with Gasteiger partial charge in [-0.3, -0.25) is 0 Å². The van der Waals surface area contributed by atoms with Gasteiger partial charge in [-0.05, 0) is 34.7 Å². The number of oxazole rings is 1. The molecule has 0 atom stereocenters. The third-order valence-corrected chi connectivity index (χ3v) is 3.67. The fraction of sp³-hybridized carbons (Fsp3) is 0. The van der Waals surface area contributed by atoms with Crippen molar-refractivity contribution in [1.29, 1.82) is 0 Å². The predicted octanol–water partition coefficient (Wildman–Crippen LogP) is 3.68. The molecule has 19 heavy (non-hydrogen) atoms. The maximum atomic E-state index is 11.2. The molecule has 0 radical (unpaired) electrons. The van der Waals surface area contributed by atoms with Gasteiger partial charge in [0.25, 0.3) is 5.22 Å². The predicted molar refractivity (Wildman–Crippen MR) is 71.5 cm³/mol. The highest BCUT2D eigenvalue weighted by atomic mass is 32.2. The van der Waals surface area contributed by atoms with E-state index in [9.17, 15) is 9.90 Å². The average molecular weight is 271 g/mol. The van der Waals surface area contributed by atoms with Crippen LogP contribution in [0.25, 0.3) is 10.8 Å². The molecule has 1 heterocycles. The first-order chi connectivity index (χ1) is 9.25. The van der Waals surface area contributed by atoms with Crippen molar-refractivity contribution in [1.82, 2.24) is 4.98 Å². The number of rotatable bonds is 3. The van der Waals surface area contributed by atoms with Gasteiger partial charge in [0.05, 0.1) is 11.8 Å². The Morgan fingerprint density at radius 3 is 2.63 bits per heavy atom. The normalized spacial score (nSPS) is 10.7. The molecule has 2 aromatic carbocycles. The van der Waals surface area contributed by atoms with E-state index in [1.807, 2.05) is 18.2 Å². The molecule has 3 rings (SSSR count). The zero-order chi connectivity index (χ0) is 13.2. The van der Waals surface area contributed by atoms with E-state index in [1.165, 1.54) is 18.0 Å². The molecule has 0 saturated carbocycles. The molecular formula is C14H9NO3S. The number of carboxylic acids is 1. The number of hydrogen-bond acceptors (Lipinski definition) is 4. The van der Waals surface area contributed by atoms with Crippen molar-refractivity contribution in [3.05, 3.63) is 54.4 Å². The Kier molecular flexibility index (Phi) is 2.97. The molecule has 4 nitrogen and oxygen atoms in total. The molecule has 0 bridgehead atoms. The van der Waals surface area contributed by atoms with Crippen LogP contribution in [0.15, 0.2) is 63.4 Å². The maximum Gasteiger partial charge on any atom is 0.336 e. The summed E-state index contributed by atoms with van der Waals surface area (Å²) in [4.78, 5) is 16.2. The van der Waals surface area contributed by atoms with Crippen LogP contribution in [0.1, 0.15) is 10.4 Å². The van der Waals surface area contributed by atoms with Gasteiger partial charge in [0.1, 0.15) is 6.26 Å². The highest BCUT2D eigenvalue weighted by Gasteiger charge is 2.12. The third-order valence-electron chi connectivity index (χ3n) is 2.72. The Bertz CT molecular complexity index is 738. The molecule has 0 saturated heterocycles. The van der Waals surface area contributed by atoms with Crippen molar-refractivity contribution in [3.63, 3.8) is 0 Å². The van der Waals surface area contributed by atoms with Gasteiger partial charge in [-0.25, -0.2) is 9.78 Å². The van der Waals surface area contributed by atoms with Gasteiger partial charge in [0, 0.05) is 4.90 Å². The minimum absolute atomic E-state index is 0.298. The molecule has 0 spiro atoms. The largest absolute Gasteiger partial charge is 0.478 e. The lowest BCUT2D eigenvalue weighted by atomic mass is 10.0. The molecule has 1 N–H and O–H groups in total. The van der Waals surface area contributed by atoms with Crippen LogP contribution in [0.4, 0.5) is 0 Å². The first-order valence-electron chi connectivity index (χ1n) is 5.58. The molecule has 94 valence electrons. The van der Waals surface area contributed by atoms with E-state index in [1.54, 1.807) is 24.4 Å². The summed E-state index contributed by atoms with van der Waals surface area (Å²) in [5.74, 6) is -0.927. The number of hydrogen-bond donors (Lipinski definition) is 1. The van der Waals surface area contributed by atoms with Crippen LogP contribution >= 0.6 is 11.8 Å². The SMILES string of the molecule is O=C(O)c1ccc(Sc2ncco2)c2ccccc12. The van der Waals surface area contributed by atoms with Crippen molar-refractivity contribution in [2.75, 3.05) is 0 Å². The lowest BCUT2D eigenvalue weighted by Crippen LogP contribution is -1.97. The van der Waals surface area contributed by atoms with Crippen LogP contribution in [0.3, 0.4) is 0 Å². The zero-order valence-corrected chi connectivity index (χ0v) is 10.6. The lowest BCUT2D eigenvalue weighted by molar-refractivity contribution is 0.0699. The van der Waals surface area contributed by atoms with Crippen LogP contribution in [0.2, 0.25) is 0 Å². The Morgan fingerprint density at radius 2 is 1.95 bits per heavy atom. The quantitative estimate of drug-likeness (QED) is 0.787. The molecule has 0 unspecified atom stereocenters. The van der Waals surface area contributed by atoms with E-state index in [4.69, 9.17) is 4.42 Å². The average Bonchev–Trinajstić information content (AvgIpc) is 2.91. The summed E-state index contributed by atoms with van der Waals surface area (Å²) in [5, 5.41) is 11.3. The minimum Gasteiger partial charge on any atom is -0.478 e. The van der Waals surface area contributed by atoms with Crippen LogP contribution in [0.5, 0.6) is 0 Å². The molecule has 0 amide bonds. The Labute approximate surface area is 113 Å². The van der Waals surface area contributed by atoms with Gasteiger partial charge in [-0.1, -0.05) is 24.3 Å². The van der Waals surface area contributed by atoms with Gasteiger partial charge < -0.3 is 9.52 Å². The van der Waals surface area contributed by atoms with Crippen molar-refractivity contribution >= 4 is 28.5 Å². The van der Waals surface area contributed by atoms with E-state index < -0.39 is 5.97 Å². The number of benzene rings is 2. The smallest absolute Gasteiger partial charge is 0.336 e. The number of carbonyl (C=O) groups is 1. The second-order valence-corrected chi connectivity index (χ2v) is 4.86. The summed E-state index contributed by atoms with van der Waals surface area (Å²) >= 11 is 1.37. The molecule has 1 aromatic heterocycles. The Balaban J connectivity index is 2.16. The summed E-state index contributed by atoms with van der Waals surface area (Å²) in [7, 11) is 0. The van der Waals surface area contributed by atoms with Gasteiger partial charge in [-0.15, -0.1) is 0 Å². The summed E-state index contributed by atoms with van der Waals surface area (Å²) in [6.45, 7) is 0. The number of fused-ring (bicyclic) bond motifs is 1. The lowest BCUT2D eigenvalue weighted by Gasteiger charge is -2.06. The van der Waals surface area contributed by atoms with E-state index in [2.05, 4.69) is 4.98 Å². The second kappa shape index (κ2) is 4.78. The van der Waals surface area contributed by atoms with Gasteiger partial charge in [0.2, 0.25) is 0 Å². The minimum atomic E-state index is -0.927. The summed E-state index contributed by atoms with van der Waals surface area (Å²) in [6.07, 6.45) is 3.09. The van der Waals surface area contributed by atoms with Crippen molar-refractivity contribution in [2.45, 2.75) is 10.1 Å². The van der Waals surface area contributed by atoms with Crippen molar-refractivity contribution < 1.29 is 14.3 Å². The van der Waals surface area contributed by atoms with Gasteiger partial charge in [-0.2, -0.15) is 0 Å². The molecule has 0 aliphatic carbocycles. The number of aromatic nitrogens is 1. The fourth-order valence-corrected chi connectivity index (χ4v) is 2.73. The van der Waals surface area contributed by atoms with Crippen molar-refractivity contribution in [3.8, 4) is 0 Å². The first-order valence-corrected chi connectivity index (χ1v) is 6.40. The first kappa shape index (κ1) is 11.8. The summed E-state index contributed by atoms with van der Waals surface area (Å²) < 4.78 is 5.20. The number of nitrogens with zero attached hydrogens (tertiary/aromatic N) is 1. The molecule has 3 aromatic rings. The van der Waals surface area contributed by atoms with Crippen LogP contribution < -0.4 is 0 Å².